The van der Waals surface area contributed by atoms with Gasteiger partial charge in [0.15, 0.2) is 0 Å². The van der Waals surface area contributed by atoms with Crippen LogP contribution in [0.1, 0.15) is 12.0 Å². The summed E-state index contributed by atoms with van der Waals surface area (Å²) in [7, 11) is -4.15. The quantitative estimate of drug-likeness (QED) is 0.425. The number of aromatic amines is 1. The largest absolute Gasteiger partial charge is 0.492 e. The van der Waals surface area contributed by atoms with E-state index < -0.39 is 28.5 Å². The van der Waals surface area contributed by atoms with E-state index in [2.05, 4.69) is 14.7 Å². The average Bonchev–Trinajstić information content (AvgIpc) is 3.17. The van der Waals surface area contributed by atoms with Gasteiger partial charge in [-0.3, -0.25) is 4.79 Å². The zero-order valence-electron chi connectivity index (χ0n) is 15.2. The van der Waals surface area contributed by atoms with E-state index in [1.54, 1.807) is 12.4 Å². The number of aldehydes is 1. The Bertz CT molecular complexity index is 1130. The van der Waals surface area contributed by atoms with Gasteiger partial charge in [-0.15, -0.1) is 0 Å². The third-order valence-corrected chi connectivity index (χ3v) is 5.70. The molecule has 0 bridgehead atoms. The minimum atomic E-state index is -4.15. The normalized spacial score (nSPS) is 12.6. The van der Waals surface area contributed by atoms with E-state index in [4.69, 9.17) is 9.84 Å². The molecule has 10 heteroatoms. The van der Waals surface area contributed by atoms with Crippen molar-refractivity contribution in [2.75, 3.05) is 6.61 Å². The van der Waals surface area contributed by atoms with Crippen molar-refractivity contribution in [1.82, 2.24) is 14.7 Å². The van der Waals surface area contributed by atoms with Gasteiger partial charge in [0.2, 0.25) is 10.0 Å². The third-order valence-electron chi connectivity index (χ3n) is 4.17. The zero-order chi connectivity index (χ0) is 20.9. The average molecular weight is 417 g/mol. The highest BCUT2D eigenvalue weighted by Gasteiger charge is 2.24. The van der Waals surface area contributed by atoms with Gasteiger partial charge in [-0.05, 0) is 23.8 Å². The summed E-state index contributed by atoms with van der Waals surface area (Å²) >= 11 is 0. The Kier molecular flexibility index (Phi) is 6.25. The Hall–Kier alpha value is -3.24. The number of carbonyl (C=O) groups excluding carboxylic acids is 1. The molecule has 0 spiro atoms. The van der Waals surface area contributed by atoms with Crippen molar-refractivity contribution >= 4 is 33.3 Å². The molecule has 9 nitrogen and oxygen atoms in total. The van der Waals surface area contributed by atoms with Gasteiger partial charge in [0.05, 0.1) is 36.4 Å². The van der Waals surface area contributed by atoms with Crippen LogP contribution in [0.3, 0.4) is 0 Å². The summed E-state index contributed by atoms with van der Waals surface area (Å²) in [5.74, 6) is -1.18. The number of carbonyl (C=O) groups is 2. The van der Waals surface area contributed by atoms with E-state index in [1.165, 1.54) is 18.2 Å². The highest BCUT2D eigenvalue weighted by Crippen LogP contribution is 2.24. The van der Waals surface area contributed by atoms with E-state index in [0.29, 0.717) is 6.42 Å². The van der Waals surface area contributed by atoms with Crippen molar-refractivity contribution < 1.29 is 27.9 Å². The van der Waals surface area contributed by atoms with Crippen molar-refractivity contribution in [2.24, 2.45) is 0 Å². The van der Waals surface area contributed by atoms with Gasteiger partial charge in [0.25, 0.3) is 0 Å². The molecule has 29 heavy (non-hydrogen) atoms. The molecule has 0 aliphatic rings. The monoisotopic (exact) mass is 417 g/mol. The maximum Gasteiger partial charge on any atom is 0.305 e. The van der Waals surface area contributed by atoms with Gasteiger partial charge in [-0.1, -0.05) is 24.3 Å². The Morgan fingerprint density at radius 2 is 2.03 bits per heavy atom. The molecule has 0 unspecified atom stereocenters. The number of H-pyrrole nitrogens is 1. The number of benzene rings is 2. The number of carboxylic acid groups (broad SMARTS) is 1. The van der Waals surface area contributed by atoms with Crippen LogP contribution in [-0.4, -0.2) is 48.4 Å². The molecule has 0 aliphatic carbocycles. The summed E-state index contributed by atoms with van der Waals surface area (Å²) < 4.78 is 33.0. The first-order chi connectivity index (χ1) is 13.9. The molecule has 3 rings (SSSR count). The molecular weight excluding hydrogens is 398 g/mol. The standard InChI is InChI=1S/C19H19N3O6S/c23-11-14(10-18(24)25)22-29(26,27)17-7-2-1-6-16(17)28-9-8-13-4-3-5-15-19(13)21-12-20-15/h1-7,11-12,14,22H,8-10H2,(H,20,21)(H,24,25)/t14-/m0/s1. The maximum atomic E-state index is 12.6. The minimum Gasteiger partial charge on any atom is -0.492 e. The van der Waals surface area contributed by atoms with Gasteiger partial charge < -0.3 is 19.6 Å². The van der Waals surface area contributed by atoms with Crippen LogP contribution in [0.2, 0.25) is 0 Å². The van der Waals surface area contributed by atoms with Crippen molar-refractivity contribution in [1.29, 1.82) is 0 Å². The Balaban J connectivity index is 1.73. The van der Waals surface area contributed by atoms with Crippen LogP contribution in [0.15, 0.2) is 53.7 Å². The summed E-state index contributed by atoms with van der Waals surface area (Å²) in [5.41, 5.74) is 2.69. The smallest absolute Gasteiger partial charge is 0.305 e. The number of imidazole rings is 1. The van der Waals surface area contributed by atoms with Crippen molar-refractivity contribution in [3.05, 3.63) is 54.4 Å². The summed E-state index contributed by atoms with van der Waals surface area (Å²) in [6.45, 7) is 0.205. The molecule has 0 amide bonds. The van der Waals surface area contributed by atoms with Crippen LogP contribution in [0.4, 0.5) is 0 Å². The summed E-state index contributed by atoms with van der Waals surface area (Å²) in [5, 5.41) is 8.80. The first-order valence-electron chi connectivity index (χ1n) is 8.73. The van der Waals surface area contributed by atoms with Crippen molar-refractivity contribution in [3.63, 3.8) is 0 Å². The van der Waals surface area contributed by atoms with Crippen LogP contribution in [0.5, 0.6) is 5.75 Å². The molecule has 152 valence electrons. The van der Waals surface area contributed by atoms with Gasteiger partial charge in [-0.2, -0.15) is 0 Å². The lowest BCUT2D eigenvalue weighted by atomic mass is 10.1. The Morgan fingerprint density at radius 3 is 2.79 bits per heavy atom. The molecule has 0 radical (unpaired) electrons. The van der Waals surface area contributed by atoms with E-state index in [1.807, 2.05) is 18.2 Å². The van der Waals surface area contributed by atoms with E-state index in [-0.39, 0.29) is 23.5 Å². The van der Waals surface area contributed by atoms with Crippen LogP contribution in [0.25, 0.3) is 11.0 Å². The molecule has 0 fully saturated rings. The van der Waals surface area contributed by atoms with Crippen LogP contribution >= 0.6 is 0 Å². The molecule has 1 atom stereocenters. The molecule has 3 aromatic rings. The Labute approximate surface area is 166 Å². The highest BCUT2D eigenvalue weighted by atomic mass is 32.2. The number of aliphatic carboxylic acids is 1. The summed E-state index contributed by atoms with van der Waals surface area (Å²) in [6, 6.07) is 10.3. The van der Waals surface area contributed by atoms with Gasteiger partial charge in [-0.25, -0.2) is 18.1 Å². The number of hydrogen-bond acceptors (Lipinski definition) is 6. The van der Waals surface area contributed by atoms with E-state index >= 15 is 0 Å². The lowest BCUT2D eigenvalue weighted by Crippen LogP contribution is -2.37. The van der Waals surface area contributed by atoms with Crippen molar-refractivity contribution in [2.45, 2.75) is 23.8 Å². The summed E-state index contributed by atoms with van der Waals surface area (Å²) in [6.07, 6.45) is 1.71. The number of fused-ring (bicyclic) bond motifs is 1. The SMILES string of the molecule is O=C[C@H](CC(=O)O)NS(=O)(=O)c1ccccc1OCCc1cccc2nc[nH]c12. The molecule has 0 aliphatic heterocycles. The molecule has 1 aromatic heterocycles. The number of carboxylic acids is 1. The van der Waals surface area contributed by atoms with Gasteiger partial charge >= 0.3 is 5.97 Å². The van der Waals surface area contributed by atoms with Gasteiger partial charge in [0, 0.05) is 6.42 Å². The molecule has 2 aromatic carbocycles. The first kappa shape index (κ1) is 20.5. The number of aromatic nitrogens is 2. The molecule has 3 N–H and O–H groups in total. The number of nitrogens with one attached hydrogen (secondary N) is 2. The van der Waals surface area contributed by atoms with Crippen molar-refractivity contribution in [3.8, 4) is 5.75 Å². The fourth-order valence-corrected chi connectivity index (χ4v) is 4.18. The zero-order valence-corrected chi connectivity index (χ0v) is 16.1. The fourth-order valence-electron chi connectivity index (χ4n) is 2.87. The van der Waals surface area contributed by atoms with Crippen LogP contribution in [0, 0.1) is 0 Å². The number of sulfonamides is 1. The van der Waals surface area contributed by atoms with Crippen LogP contribution < -0.4 is 9.46 Å². The molecule has 0 saturated heterocycles. The number of ether oxygens (including phenoxy) is 1. The van der Waals surface area contributed by atoms with Gasteiger partial charge in [0.1, 0.15) is 16.9 Å². The predicted molar refractivity (Wildman–Crippen MR) is 104 cm³/mol. The number of rotatable bonds is 10. The maximum absolute atomic E-state index is 12.6. The second-order valence-electron chi connectivity index (χ2n) is 6.22. The molecular formula is C19H19N3O6S. The second kappa shape index (κ2) is 8.84. The molecule has 0 saturated carbocycles. The number of para-hydroxylation sites is 2. The molecule has 1 heterocycles. The minimum absolute atomic E-state index is 0.108. The lowest BCUT2D eigenvalue weighted by molar-refractivity contribution is -0.138. The fraction of sp³-hybridized carbons (Fsp3) is 0.211. The second-order valence-corrected chi connectivity index (χ2v) is 7.90. The Morgan fingerprint density at radius 1 is 1.24 bits per heavy atom. The predicted octanol–water partition coefficient (Wildman–Crippen LogP) is 1.50. The van der Waals surface area contributed by atoms with E-state index in [9.17, 15) is 18.0 Å². The first-order valence-corrected chi connectivity index (χ1v) is 10.2. The third kappa shape index (κ3) is 4.98. The van der Waals surface area contributed by atoms with Crippen LogP contribution in [-0.2, 0) is 26.0 Å². The van der Waals surface area contributed by atoms with E-state index in [0.717, 1.165) is 16.6 Å². The number of nitrogens with zero attached hydrogens (tertiary/aromatic N) is 1. The topological polar surface area (TPSA) is 138 Å². The lowest BCUT2D eigenvalue weighted by Gasteiger charge is -2.15. The highest BCUT2D eigenvalue weighted by molar-refractivity contribution is 7.89. The summed E-state index contributed by atoms with van der Waals surface area (Å²) in [4.78, 5) is 28.9. The number of hydrogen-bond donors (Lipinski definition) is 3.